The van der Waals surface area contributed by atoms with E-state index in [0.29, 0.717) is 28.5 Å². The first-order valence-electron chi connectivity index (χ1n) is 13.7. The number of nitrogens with two attached hydrogens (primary N) is 1. The molecular formula is C28H34N10O5. The van der Waals surface area contributed by atoms with E-state index in [1.54, 1.807) is 58.5 Å². The number of ether oxygens (including phenoxy) is 2. The molecule has 2 saturated heterocycles. The molecule has 5 N–H and O–H groups in total. The summed E-state index contributed by atoms with van der Waals surface area (Å²) in [7, 11) is 5.20. The fourth-order valence-electron chi connectivity index (χ4n) is 4.69. The number of epoxide rings is 2. The number of nitriles is 1. The van der Waals surface area contributed by atoms with Gasteiger partial charge in [0.15, 0.2) is 0 Å². The van der Waals surface area contributed by atoms with Crippen molar-refractivity contribution in [2.45, 2.75) is 18.6 Å². The molecular weight excluding hydrogens is 556 g/mol. The Balaban J connectivity index is 1.20. The molecule has 226 valence electrons. The van der Waals surface area contributed by atoms with Crippen molar-refractivity contribution in [2.24, 2.45) is 31.9 Å². The summed E-state index contributed by atoms with van der Waals surface area (Å²) in [6.07, 6.45) is 7.41. The lowest BCUT2D eigenvalue weighted by Crippen LogP contribution is -2.31. The maximum atomic E-state index is 13.2. The number of carbonyl (C=O) groups is 3. The van der Waals surface area contributed by atoms with Crippen molar-refractivity contribution in [3.8, 4) is 6.19 Å². The molecule has 15 heteroatoms. The largest absolute Gasteiger partial charge is 0.386 e. The van der Waals surface area contributed by atoms with Crippen LogP contribution in [0.1, 0.15) is 37.9 Å². The van der Waals surface area contributed by atoms with Crippen LogP contribution in [0, 0.1) is 11.5 Å². The first-order chi connectivity index (χ1) is 20.6. The maximum Gasteiger partial charge on any atom is 0.272 e. The van der Waals surface area contributed by atoms with Crippen LogP contribution in [0.15, 0.2) is 41.8 Å². The lowest BCUT2D eigenvalue weighted by atomic mass is 10.3. The van der Waals surface area contributed by atoms with Gasteiger partial charge in [-0.15, -0.1) is 0 Å². The van der Waals surface area contributed by atoms with Gasteiger partial charge in [-0.1, -0.05) is 0 Å². The van der Waals surface area contributed by atoms with Crippen LogP contribution in [0.25, 0.3) is 0 Å². The Morgan fingerprint density at radius 1 is 0.907 bits per heavy atom. The number of aliphatic imine (C=N–C) groups is 1. The standard InChI is InChI=1S/C28H34N10O5/c1-35-9-17(6-22(35)26(39)31-5-4-25(30)32-16-29)33-27(40)23-7-18(10-36(23)2)34-28(41)24-8-19(11-37(24)3)38(12-20-14-42-20)13-21-15-43-21/h6-11,20-21H,4-5,12-15H2,1-3H3,(H2,30,32)(H,31,39)(H,33,40)(H,34,41). The molecule has 0 aliphatic carbocycles. The Kier molecular flexibility index (Phi) is 8.51. The number of amides is 3. The molecule has 3 amide bonds. The fraction of sp³-hybridized carbons (Fsp3) is 0.393. The fourth-order valence-corrected chi connectivity index (χ4v) is 4.69. The van der Waals surface area contributed by atoms with Crippen LogP contribution >= 0.6 is 0 Å². The third-order valence-corrected chi connectivity index (χ3v) is 7.09. The van der Waals surface area contributed by atoms with Crippen molar-refractivity contribution in [2.75, 3.05) is 48.4 Å². The SMILES string of the molecule is Cn1cc(NC(=O)c2cc(NC(=O)c3cc(N(CC4CO4)CC4CO4)cn3C)cn2C)cc1C(=O)NCCC(N)=NC#N. The van der Waals surface area contributed by atoms with Crippen molar-refractivity contribution in [1.82, 2.24) is 19.0 Å². The van der Waals surface area contributed by atoms with E-state index >= 15 is 0 Å². The second kappa shape index (κ2) is 12.4. The molecule has 0 spiro atoms. The van der Waals surface area contributed by atoms with Gasteiger partial charge < -0.3 is 49.8 Å². The number of hydrogen-bond acceptors (Lipinski definition) is 8. The minimum atomic E-state index is -0.414. The zero-order valence-corrected chi connectivity index (χ0v) is 24.2. The van der Waals surface area contributed by atoms with E-state index in [-0.39, 0.29) is 42.8 Å². The van der Waals surface area contributed by atoms with E-state index in [2.05, 4.69) is 25.8 Å². The first kappa shape index (κ1) is 29.4. The van der Waals surface area contributed by atoms with E-state index in [0.717, 1.165) is 32.0 Å². The summed E-state index contributed by atoms with van der Waals surface area (Å²) >= 11 is 0. The molecule has 0 saturated carbocycles. The van der Waals surface area contributed by atoms with E-state index in [9.17, 15) is 14.4 Å². The summed E-state index contributed by atoms with van der Waals surface area (Å²) in [6.45, 7) is 3.16. The van der Waals surface area contributed by atoms with Crippen LogP contribution in [0.4, 0.5) is 17.1 Å². The second-order valence-electron chi connectivity index (χ2n) is 10.6. The number of anilines is 3. The van der Waals surface area contributed by atoms with E-state index in [4.69, 9.17) is 20.5 Å². The minimum absolute atomic E-state index is 0.125. The van der Waals surface area contributed by atoms with Gasteiger partial charge in [0.25, 0.3) is 17.7 Å². The van der Waals surface area contributed by atoms with E-state index in [1.165, 1.54) is 0 Å². The quantitative estimate of drug-likeness (QED) is 0.0970. The zero-order chi connectivity index (χ0) is 30.7. The maximum absolute atomic E-state index is 13.2. The highest BCUT2D eigenvalue weighted by molar-refractivity contribution is 6.07. The van der Waals surface area contributed by atoms with Gasteiger partial charge in [0.2, 0.25) is 6.19 Å². The van der Waals surface area contributed by atoms with Crippen LogP contribution in [0.5, 0.6) is 0 Å². The van der Waals surface area contributed by atoms with Gasteiger partial charge in [0, 0.05) is 65.8 Å². The first-order valence-corrected chi connectivity index (χ1v) is 13.7. The van der Waals surface area contributed by atoms with Crippen LogP contribution < -0.4 is 26.6 Å². The van der Waals surface area contributed by atoms with Gasteiger partial charge in [0.1, 0.15) is 22.9 Å². The number of rotatable bonds is 13. The molecule has 0 bridgehead atoms. The monoisotopic (exact) mass is 590 g/mol. The summed E-state index contributed by atoms with van der Waals surface area (Å²) in [5.74, 6) is -0.969. The van der Waals surface area contributed by atoms with Crippen LogP contribution in [-0.4, -0.2) is 82.3 Å². The number of aryl methyl sites for hydroxylation is 3. The normalized spacial score (nSPS) is 17.2. The molecule has 5 heterocycles. The summed E-state index contributed by atoms with van der Waals surface area (Å²) in [5, 5.41) is 16.9. The molecule has 15 nitrogen and oxygen atoms in total. The van der Waals surface area contributed by atoms with Crippen molar-refractivity contribution >= 4 is 40.6 Å². The lowest BCUT2D eigenvalue weighted by Gasteiger charge is -2.21. The number of aromatic nitrogens is 3. The Morgan fingerprint density at radius 3 is 1.91 bits per heavy atom. The average Bonchev–Trinajstić information content (AvgIpc) is 3.85. The molecule has 2 fully saturated rings. The van der Waals surface area contributed by atoms with Gasteiger partial charge in [-0.2, -0.15) is 10.3 Å². The summed E-state index contributed by atoms with van der Waals surface area (Å²) in [5.41, 5.74) is 8.46. The predicted molar refractivity (Wildman–Crippen MR) is 158 cm³/mol. The summed E-state index contributed by atoms with van der Waals surface area (Å²) < 4.78 is 15.8. The van der Waals surface area contributed by atoms with Gasteiger partial charge in [-0.3, -0.25) is 14.4 Å². The van der Waals surface area contributed by atoms with E-state index < -0.39 is 5.91 Å². The number of hydrogen-bond donors (Lipinski definition) is 4. The molecule has 5 rings (SSSR count). The molecule has 3 aromatic rings. The van der Waals surface area contributed by atoms with Gasteiger partial charge in [-0.05, 0) is 18.2 Å². The smallest absolute Gasteiger partial charge is 0.272 e. The Hall–Kier alpha value is -5.07. The molecule has 0 aromatic carbocycles. The Morgan fingerprint density at radius 2 is 1.40 bits per heavy atom. The van der Waals surface area contributed by atoms with Gasteiger partial charge >= 0.3 is 0 Å². The van der Waals surface area contributed by atoms with Crippen molar-refractivity contribution < 1.29 is 23.9 Å². The Bertz CT molecular complexity index is 1590. The second-order valence-corrected chi connectivity index (χ2v) is 10.6. The highest BCUT2D eigenvalue weighted by Crippen LogP contribution is 2.25. The molecule has 2 atom stereocenters. The van der Waals surface area contributed by atoms with Gasteiger partial charge in [-0.25, -0.2) is 0 Å². The zero-order valence-electron chi connectivity index (χ0n) is 24.2. The summed E-state index contributed by atoms with van der Waals surface area (Å²) in [4.78, 5) is 44.4. The van der Waals surface area contributed by atoms with Crippen molar-refractivity contribution in [1.29, 1.82) is 5.26 Å². The lowest BCUT2D eigenvalue weighted by molar-refractivity contribution is 0.0945. The van der Waals surface area contributed by atoms with Crippen LogP contribution in [0.2, 0.25) is 0 Å². The molecule has 2 aliphatic rings. The van der Waals surface area contributed by atoms with Gasteiger partial charge in [0.05, 0.1) is 42.5 Å². The highest BCUT2D eigenvalue weighted by atomic mass is 16.6. The number of carbonyl (C=O) groups excluding carboxylic acids is 3. The number of nitrogens with one attached hydrogen (secondary N) is 3. The summed E-state index contributed by atoms with van der Waals surface area (Å²) in [6, 6.07) is 4.98. The third kappa shape index (κ3) is 7.42. The predicted octanol–water partition coefficient (Wildman–Crippen LogP) is 0.769. The number of nitrogens with zero attached hydrogens (tertiary/aromatic N) is 6. The molecule has 43 heavy (non-hydrogen) atoms. The Labute approximate surface area is 247 Å². The highest BCUT2D eigenvalue weighted by Gasteiger charge is 2.32. The average molecular weight is 591 g/mol. The van der Waals surface area contributed by atoms with Crippen LogP contribution in [-0.2, 0) is 30.6 Å². The number of amidine groups is 1. The molecule has 2 unspecified atom stereocenters. The molecule has 0 radical (unpaired) electrons. The van der Waals surface area contributed by atoms with Crippen molar-refractivity contribution in [3.63, 3.8) is 0 Å². The topological polar surface area (TPSA) is 193 Å². The van der Waals surface area contributed by atoms with Crippen LogP contribution in [0.3, 0.4) is 0 Å². The molecule has 2 aliphatic heterocycles. The third-order valence-electron chi connectivity index (χ3n) is 7.09. The minimum Gasteiger partial charge on any atom is -0.386 e. The van der Waals surface area contributed by atoms with E-state index in [1.807, 2.05) is 19.3 Å². The molecule has 3 aromatic heterocycles. The van der Waals surface area contributed by atoms with Crippen molar-refractivity contribution in [3.05, 3.63) is 53.9 Å².